The van der Waals surface area contributed by atoms with Gasteiger partial charge >= 0.3 is 11.7 Å². The zero-order valence-electron chi connectivity index (χ0n) is 18.1. The number of aromatic amines is 1. The lowest BCUT2D eigenvalue weighted by molar-refractivity contribution is -0.127. The molecule has 4 rings (SSSR count). The third-order valence-electron chi connectivity index (χ3n) is 5.55. The minimum Gasteiger partial charge on any atom is -0.467 e. The minimum absolute atomic E-state index is 0.138. The van der Waals surface area contributed by atoms with Crippen LogP contribution in [0, 0.1) is 0 Å². The van der Waals surface area contributed by atoms with Crippen LogP contribution in [0.5, 0.6) is 0 Å². The average Bonchev–Trinajstić information content (AvgIpc) is 3.31. The number of unbranched alkanes of at least 4 members (excludes halogenated alkanes) is 1. The number of carbonyl (C=O) groups is 2. The minimum atomic E-state index is -1.17. The van der Waals surface area contributed by atoms with Gasteiger partial charge < -0.3 is 14.9 Å². The highest BCUT2D eigenvalue weighted by atomic mass is 16.5. The first-order chi connectivity index (χ1) is 15.9. The summed E-state index contributed by atoms with van der Waals surface area (Å²) in [5.41, 5.74) is 5.64. The van der Waals surface area contributed by atoms with Gasteiger partial charge in [-0.05, 0) is 30.2 Å². The highest BCUT2D eigenvalue weighted by Crippen LogP contribution is 2.26. The number of H-pyrrole nitrogens is 1. The Labute approximate surface area is 188 Å². The third kappa shape index (κ3) is 4.32. The fourth-order valence-corrected chi connectivity index (χ4v) is 3.85. The first kappa shape index (κ1) is 22.1. The Kier molecular flexibility index (Phi) is 6.16. The summed E-state index contributed by atoms with van der Waals surface area (Å²) >= 11 is 0. The monoisotopic (exact) mass is 452 g/mol. The van der Waals surface area contributed by atoms with Crippen molar-refractivity contribution in [3.05, 3.63) is 80.4 Å². The van der Waals surface area contributed by atoms with Gasteiger partial charge in [0.2, 0.25) is 0 Å². The number of hydrogen-bond acceptors (Lipinski definition) is 7. The molecule has 0 saturated carbocycles. The molecule has 0 saturated heterocycles. The van der Waals surface area contributed by atoms with E-state index in [0.29, 0.717) is 23.3 Å². The fraction of sp³-hybridized carbons (Fsp3) is 0.304. The number of cyclic esters (lactones) is 1. The van der Waals surface area contributed by atoms with Crippen LogP contribution in [0.3, 0.4) is 0 Å². The van der Waals surface area contributed by atoms with Crippen LogP contribution in [0.2, 0.25) is 0 Å². The molecule has 0 spiro atoms. The summed E-state index contributed by atoms with van der Waals surface area (Å²) in [4.78, 5) is 54.6. The van der Waals surface area contributed by atoms with E-state index in [-0.39, 0.29) is 31.0 Å². The van der Waals surface area contributed by atoms with Gasteiger partial charge in [0.05, 0.1) is 18.4 Å². The number of aromatic nitrogens is 2. The molecule has 33 heavy (non-hydrogen) atoms. The van der Waals surface area contributed by atoms with E-state index in [9.17, 15) is 19.2 Å². The van der Waals surface area contributed by atoms with Gasteiger partial charge in [0.15, 0.2) is 11.8 Å². The number of esters is 1. The van der Waals surface area contributed by atoms with Crippen LogP contribution in [-0.4, -0.2) is 27.5 Å². The smallest absolute Gasteiger partial charge is 0.339 e. The van der Waals surface area contributed by atoms with E-state index in [1.807, 2.05) is 6.92 Å². The van der Waals surface area contributed by atoms with Crippen LogP contribution >= 0.6 is 0 Å². The molecule has 172 valence electrons. The third-order valence-corrected chi connectivity index (χ3v) is 5.55. The van der Waals surface area contributed by atoms with Gasteiger partial charge in [-0.1, -0.05) is 31.5 Å². The van der Waals surface area contributed by atoms with Crippen molar-refractivity contribution in [1.29, 1.82) is 0 Å². The van der Waals surface area contributed by atoms with E-state index in [1.165, 1.54) is 10.8 Å². The number of nitrogens with two attached hydrogens (primary N) is 1. The topological polar surface area (TPSA) is 141 Å². The van der Waals surface area contributed by atoms with E-state index in [4.69, 9.17) is 14.9 Å². The molecule has 3 aromatic rings. The summed E-state index contributed by atoms with van der Waals surface area (Å²) in [6.45, 7) is 2.09. The summed E-state index contributed by atoms with van der Waals surface area (Å²) in [6, 6.07) is 10.1. The Bertz CT molecular complexity index is 1290. The van der Waals surface area contributed by atoms with E-state index in [1.54, 1.807) is 36.4 Å². The van der Waals surface area contributed by atoms with Crippen LogP contribution in [0.15, 0.2) is 56.7 Å². The highest BCUT2D eigenvalue weighted by Gasteiger charge is 2.36. The second-order valence-corrected chi connectivity index (χ2v) is 7.76. The Hall–Kier alpha value is -4.08. The average molecular weight is 452 g/mol. The van der Waals surface area contributed by atoms with Crippen molar-refractivity contribution in [1.82, 2.24) is 9.55 Å². The molecule has 10 nitrogen and oxygen atoms in total. The van der Waals surface area contributed by atoms with Crippen molar-refractivity contribution < 1.29 is 18.7 Å². The molecule has 0 radical (unpaired) electrons. The number of benzene rings is 1. The van der Waals surface area contributed by atoms with Crippen LogP contribution in [-0.2, 0) is 29.0 Å². The van der Waals surface area contributed by atoms with Crippen molar-refractivity contribution in [3.8, 4) is 0 Å². The number of ether oxygens (including phenoxy) is 1. The van der Waals surface area contributed by atoms with E-state index in [2.05, 4.69) is 4.98 Å². The molecule has 0 bridgehead atoms. The Balaban J connectivity index is 1.77. The van der Waals surface area contributed by atoms with Gasteiger partial charge in [-0.15, -0.1) is 0 Å². The number of furan rings is 1. The number of nitrogens with one attached hydrogen (secondary N) is 1. The molecule has 0 fully saturated rings. The van der Waals surface area contributed by atoms with E-state index in [0.717, 1.165) is 11.3 Å². The zero-order valence-corrected chi connectivity index (χ0v) is 18.1. The van der Waals surface area contributed by atoms with Crippen LogP contribution in [0.1, 0.15) is 41.4 Å². The first-order valence-corrected chi connectivity index (χ1v) is 10.7. The predicted molar refractivity (Wildman–Crippen MR) is 120 cm³/mol. The van der Waals surface area contributed by atoms with Crippen LogP contribution in [0.4, 0.5) is 11.5 Å². The Morgan fingerprint density at radius 1 is 1.21 bits per heavy atom. The number of fused-ring (bicyclic) bond motifs is 1. The van der Waals surface area contributed by atoms with Crippen molar-refractivity contribution in [2.45, 2.75) is 45.4 Å². The fourth-order valence-electron chi connectivity index (χ4n) is 3.85. The molecule has 1 aliphatic rings. The quantitative estimate of drug-likeness (QED) is 0.521. The second kappa shape index (κ2) is 9.19. The summed E-state index contributed by atoms with van der Waals surface area (Å²) in [7, 11) is 0. The molecule has 3 heterocycles. The largest absolute Gasteiger partial charge is 0.467 e. The Morgan fingerprint density at radius 2 is 2.00 bits per heavy atom. The maximum Gasteiger partial charge on any atom is 0.339 e. The van der Waals surface area contributed by atoms with Crippen LogP contribution < -0.4 is 21.9 Å². The standard InChI is InChI=1S/C23H24N4O6/c1-2-3-10-26-19(24)18(20(28)25-23(26)31)27(13-15-8-6-11-32-15)21(29)17-12-14-7-4-5-9-16(14)22(30)33-17/h4-9,11,17H,2-3,10,12-13,24H2,1H3,(H,25,28,31). The predicted octanol–water partition coefficient (Wildman–Crippen LogP) is 1.83. The number of hydrogen-bond donors (Lipinski definition) is 2. The van der Waals surface area contributed by atoms with Gasteiger partial charge in [-0.2, -0.15) is 0 Å². The summed E-state index contributed by atoms with van der Waals surface area (Å²) in [5, 5.41) is 0. The number of anilines is 2. The van der Waals surface area contributed by atoms with Gasteiger partial charge in [0, 0.05) is 13.0 Å². The zero-order chi connectivity index (χ0) is 23.5. The summed E-state index contributed by atoms with van der Waals surface area (Å²) in [5.74, 6) is -1.02. The maximum atomic E-state index is 13.6. The number of rotatable bonds is 7. The van der Waals surface area contributed by atoms with Gasteiger partial charge in [-0.25, -0.2) is 9.59 Å². The summed E-state index contributed by atoms with van der Waals surface area (Å²) < 4.78 is 12.0. The van der Waals surface area contributed by atoms with Gasteiger partial charge in [0.1, 0.15) is 11.6 Å². The normalized spacial score (nSPS) is 15.1. The number of nitrogen functional groups attached to an aromatic ring is 1. The molecule has 3 N–H and O–H groups in total. The van der Waals surface area contributed by atoms with Crippen molar-refractivity contribution in [3.63, 3.8) is 0 Å². The first-order valence-electron chi connectivity index (χ1n) is 10.7. The van der Waals surface area contributed by atoms with Crippen molar-refractivity contribution >= 4 is 23.4 Å². The molecular weight excluding hydrogens is 428 g/mol. The van der Waals surface area contributed by atoms with E-state index >= 15 is 0 Å². The van der Waals surface area contributed by atoms with Crippen LogP contribution in [0.25, 0.3) is 0 Å². The lowest BCUT2D eigenvalue weighted by atomic mass is 9.98. The molecular formula is C23H24N4O6. The number of amides is 1. The molecule has 0 aliphatic carbocycles. The molecule has 1 unspecified atom stereocenters. The van der Waals surface area contributed by atoms with Crippen molar-refractivity contribution in [2.24, 2.45) is 0 Å². The summed E-state index contributed by atoms with van der Waals surface area (Å²) in [6.07, 6.45) is 1.86. The molecule has 1 aliphatic heterocycles. The number of nitrogens with zero attached hydrogens (tertiary/aromatic N) is 2. The second-order valence-electron chi connectivity index (χ2n) is 7.76. The molecule has 1 atom stereocenters. The highest BCUT2D eigenvalue weighted by molar-refractivity contribution is 6.02. The molecule has 2 aromatic heterocycles. The molecule has 1 amide bonds. The lowest BCUT2D eigenvalue weighted by Gasteiger charge is -2.30. The van der Waals surface area contributed by atoms with E-state index < -0.39 is 29.2 Å². The van der Waals surface area contributed by atoms with Gasteiger partial charge in [0.25, 0.3) is 11.5 Å². The molecule has 1 aromatic carbocycles. The van der Waals surface area contributed by atoms with Crippen molar-refractivity contribution in [2.75, 3.05) is 10.6 Å². The Morgan fingerprint density at radius 3 is 2.73 bits per heavy atom. The number of carbonyl (C=O) groups excluding carboxylic acids is 2. The van der Waals surface area contributed by atoms with Gasteiger partial charge in [-0.3, -0.25) is 24.0 Å². The molecule has 10 heteroatoms. The SMILES string of the molecule is CCCCn1c(N)c(N(Cc2ccco2)C(=O)C2Cc3ccccc3C(=O)O2)c(=O)[nH]c1=O. The maximum absolute atomic E-state index is 13.6. The lowest BCUT2D eigenvalue weighted by Crippen LogP contribution is -2.47.